The van der Waals surface area contributed by atoms with Crippen molar-refractivity contribution in [3.63, 3.8) is 0 Å². The van der Waals surface area contributed by atoms with Gasteiger partial charge in [-0.1, -0.05) is 26.2 Å². The number of carbonyl (C=O) groups excluding carboxylic acids is 1. The van der Waals surface area contributed by atoms with E-state index in [9.17, 15) is 4.79 Å². The third kappa shape index (κ3) is 3.95. The molecule has 2 rings (SSSR count). The number of hydrogen-bond donors (Lipinski definition) is 2. The molecule has 0 bridgehead atoms. The van der Waals surface area contributed by atoms with Crippen molar-refractivity contribution in [2.24, 2.45) is 11.7 Å². The Hall–Kier alpha value is -0.610. The summed E-state index contributed by atoms with van der Waals surface area (Å²) in [5.74, 6) is 0.770. The zero-order chi connectivity index (χ0) is 13.0. The van der Waals surface area contributed by atoms with Gasteiger partial charge in [-0.15, -0.1) is 0 Å². The van der Waals surface area contributed by atoms with Gasteiger partial charge in [-0.3, -0.25) is 9.69 Å². The molecule has 2 unspecified atom stereocenters. The van der Waals surface area contributed by atoms with E-state index in [0.29, 0.717) is 18.5 Å². The second-order valence-corrected chi connectivity index (χ2v) is 6.07. The van der Waals surface area contributed by atoms with Crippen molar-refractivity contribution in [1.82, 2.24) is 10.2 Å². The molecule has 2 fully saturated rings. The Morgan fingerprint density at radius 3 is 2.67 bits per heavy atom. The lowest BCUT2D eigenvalue weighted by Gasteiger charge is -2.35. The van der Waals surface area contributed by atoms with Crippen LogP contribution in [0.25, 0.3) is 0 Å². The highest BCUT2D eigenvalue weighted by Gasteiger charge is 2.25. The Labute approximate surface area is 110 Å². The average Bonchev–Trinajstić information content (AvgIpc) is 2.35. The van der Waals surface area contributed by atoms with Crippen molar-refractivity contribution < 1.29 is 4.79 Å². The highest BCUT2D eigenvalue weighted by atomic mass is 16.2. The molecule has 0 aromatic rings. The first-order chi connectivity index (χ1) is 8.65. The van der Waals surface area contributed by atoms with E-state index in [2.05, 4.69) is 17.1 Å². The molecule has 1 saturated heterocycles. The predicted molar refractivity (Wildman–Crippen MR) is 73.2 cm³/mol. The van der Waals surface area contributed by atoms with E-state index in [-0.39, 0.29) is 11.9 Å². The zero-order valence-electron chi connectivity index (χ0n) is 11.5. The van der Waals surface area contributed by atoms with Crippen molar-refractivity contribution in [2.45, 2.75) is 57.5 Å². The Balaban J connectivity index is 1.70. The first kappa shape index (κ1) is 13.8. The van der Waals surface area contributed by atoms with Crippen LogP contribution in [0.3, 0.4) is 0 Å². The number of nitrogens with zero attached hydrogens (tertiary/aromatic N) is 1. The van der Waals surface area contributed by atoms with Crippen LogP contribution in [0.1, 0.15) is 45.4 Å². The maximum absolute atomic E-state index is 12.0. The Kier molecular flexibility index (Phi) is 5.01. The molecule has 104 valence electrons. The van der Waals surface area contributed by atoms with E-state index < -0.39 is 0 Å². The standard InChI is InChI=1S/C14H27N3O/c1-11-7-8-17(9-13(11)15)10-14(18)16-12-5-3-2-4-6-12/h11-13H,2-10,15H2,1H3,(H,16,18). The third-order valence-electron chi connectivity index (χ3n) is 4.44. The number of carbonyl (C=O) groups is 1. The largest absolute Gasteiger partial charge is 0.352 e. The minimum atomic E-state index is 0.184. The molecule has 1 amide bonds. The van der Waals surface area contributed by atoms with Crippen LogP contribution < -0.4 is 11.1 Å². The molecule has 1 aliphatic carbocycles. The highest BCUT2D eigenvalue weighted by molar-refractivity contribution is 5.78. The van der Waals surface area contributed by atoms with Crippen LogP contribution in [0.2, 0.25) is 0 Å². The lowest BCUT2D eigenvalue weighted by Crippen LogP contribution is -2.51. The highest BCUT2D eigenvalue weighted by Crippen LogP contribution is 2.18. The quantitative estimate of drug-likeness (QED) is 0.792. The molecule has 18 heavy (non-hydrogen) atoms. The zero-order valence-corrected chi connectivity index (χ0v) is 11.5. The van der Waals surface area contributed by atoms with E-state index in [1.807, 2.05) is 0 Å². The summed E-state index contributed by atoms with van der Waals surface area (Å²) in [7, 11) is 0. The normalized spacial score (nSPS) is 31.2. The predicted octanol–water partition coefficient (Wildman–Crippen LogP) is 1.10. The van der Waals surface area contributed by atoms with Crippen LogP contribution in [-0.2, 0) is 4.79 Å². The van der Waals surface area contributed by atoms with Gasteiger partial charge in [0.05, 0.1) is 6.54 Å². The van der Waals surface area contributed by atoms with Gasteiger partial charge < -0.3 is 11.1 Å². The van der Waals surface area contributed by atoms with Crippen molar-refractivity contribution in [1.29, 1.82) is 0 Å². The number of hydrogen-bond acceptors (Lipinski definition) is 3. The van der Waals surface area contributed by atoms with Crippen molar-refractivity contribution >= 4 is 5.91 Å². The molecule has 0 spiro atoms. The molecule has 4 heteroatoms. The molecule has 0 aromatic heterocycles. The number of rotatable bonds is 3. The molecule has 4 nitrogen and oxygen atoms in total. The fraction of sp³-hybridized carbons (Fsp3) is 0.929. The number of amides is 1. The minimum Gasteiger partial charge on any atom is -0.352 e. The summed E-state index contributed by atoms with van der Waals surface area (Å²) in [5.41, 5.74) is 6.06. The van der Waals surface area contributed by atoms with Gasteiger partial charge in [0, 0.05) is 18.6 Å². The van der Waals surface area contributed by atoms with Gasteiger partial charge in [-0.25, -0.2) is 0 Å². The average molecular weight is 253 g/mol. The Morgan fingerprint density at radius 2 is 2.00 bits per heavy atom. The van der Waals surface area contributed by atoms with E-state index in [4.69, 9.17) is 5.73 Å². The topological polar surface area (TPSA) is 58.4 Å². The van der Waals surface area contributed by atoms with E-state index >= 15 is 0 Å². The van der Waals surface area contributed by atoms with Crippen LogP contribution in [0.15, 0.2) is 0 Å². The smallest absolute Gasteiger partial charge is 0.234 e. The number of likely N-dealkylation sites (tertiary alicyclic amines) is 1. The van der Waals surface area contributed by atoms with E-state index in [0.717, 1.165) is 32.4 Å². The summed E-state index contributed by atoms with van der Waals surface area (Å²) >= 11 is 0. The number of nitrogens with two attached hydrogens (primary N) is 1. The van der Waals surface area contributed by atoms with Gasteiger partial charge in [0.15, 0.2) is 0 Å². The van der Waals surface area contributed by atoms with Gasteiger partial charge in [-0.05, 0) is 31.7 Å². The lowest BCUT2D eigenvalue weighted by molar-refractivity contribution is -0.123. The molecule has 1 saturated carbocycles. The van der Waals surface area contributed by atoms with Crippen LogP contribution in [0.5, 0.6) is 0 Å². The van der Waals surface area contributed by atoms with Gasteiger partial charge in [0.1, 0.15) is 0 Å². The van der Waals surface area contributed by atoms with Crippen LogP contribution >= 0.6 is 0 Å². The molecule has 1 aliphatic heterocycles. The second-order valence-electron chi connectivity index (χ2n) is 6.07. The molecule has 0 radical (unpaired) electrons. The fourth-order valence-electron chi connectivity index (χ4n) is 3.04. The molecule has 2 aliphatic rings. The van der Waals surface area contributed by atoms with Crippen LogP contribution in [-0.4, -0.2) is 42.5 Å². The molecule has 3 N–H and O–H groups in total. The van der Waals surface area contributed by atoms with Gasteiger partial charge in [0.2, 0.25) is 5.91 Å². The van der Waals surface area contributed by atoms with Crippen LogP contribution in [0.4, 0.5) is 0 Å². The molecular weight excluding hydrogens is 226 g/mol. The summed E-state index contributed by atoms with van der Waals surface area (Å²) in [6.07, 6.45) is 7.27. The van der Waals surface area contributed by atoms with E-state index in [1.165, 1.54) is 19.3 Å². The fourth-order valence-corrected chi connectivity index (χ4v) is 3.04. The molecule has 2 atom stereocenters. The summed E-state index contributed by atoms with van der Waals surface area (Å²) in [5, 5.41) is 3.17. The Morgan fingerprint density at radius 1 is 1.28 bits per heavy atom. The summed E-state index contributed by atoms with van der Waals surface area (Å²) < 4.78 is 0. The summed E-state index contributed by atoms with van der Waals surface area (Å²) in [6.45, 7) is 4.59. The van der Waals surface area contributed by atoms with Crippen molar-refractivity contribution in [3.05, 3.63) is 0 Å². The van der Waals surface area contributed by atoms with Gasteiger partial charge >= 0.3 is 0 Å². The van der Waals surface area contributed by atoms with Crippen molar-refractivity contribution in [3.8, 4) is 0 Å². The number of piperidine rings is 1. The van der Waals surface area contributed by atoms with Crippen LogP contribution in [0, 0.1) is 5.92 Å². The third-order valence-corrected chi connectivity index (χ3v) is 4.44. The van der Waals surface area contributed by atoms with E-state index in [1.54, 1.807) is 0 Å². The SMILES string of the molecule is CC1CCN(CC(=O)NC2CCCCC2)CC1N. The first-order valence-electron chi connectivity index (χ1n) is 7.42. The summed E-state index contributed by atoms with van der Waals surface area (Å²) in [6, 6.07) is 0.643. The second kappa shape index (κ2) is 6.53. The molecular formula is C14H27N3O. The van der Waals surface area contributed by atoms with Crippen molar-refractivity contribution in [2.75, 3.05) is 19.6 Å². The molecule has 0 aromatic carbocycles. The minimum absolute atomic E-state index is 0.184. The first-order valence-corrected chi connectivity index (χ1v) is 7.42. The monoisotopic (exact) mass is 253 g/mol. The van der Waals surface area contributed by atoms with Gasteiger partial charge in [-0.2, -0.15) is 0 Å². The summed E-state index contributed by atoms with van der Waals surface area (Å²) in [4.78, 5) is 14.2. The lowest BCUT2D eigenvalue weighted by atomic mass is 9.94. The molecule has 1 heterocycles. The maximum Gasteiger partial charge on any atom is 0.234 e. The van der Waals surface area contributed by atoms with Gasteiger partial charge in [0.25, 0.3) is 0 Å². The Bertz CT molecular complexity index is 276. The number of nitrogens with one attached hydrogen (secondary N) is 1. The maximum atomic E-state index is 12.0.